The lowest BCUT2D eigenvalue weighted by atomic mass is 9.87. The molecule has 8 nitrogen and oxygen atoms in total. The Morgan fingerprint density at radius 2 is 1.77 bits per heavy atom. The van der Waals surface area contributed by atoms with Gasteiger partial charge in [0.05, 0.1) is 21.7 Å². The third-order valence-electron chi connectivity index (χ3n) is 5.98. The molecule has 0 aliphatic carbocycles. The number of halogens is 4. The zero-order valence-corrected chi connectivity index (χ0v) is 22.6. The van der Waals surface area contributed by atoms with Crippen LogP contribution in [-0.4, -0.2) is 42.0 Å². The van der Waals surface area contributed by atoms with E-state index < -0.39 is 28.1 Å². The Labute approximate surface area is 229 Å². The van der Waals surface area contributed by atoms with Gasteiger partial charge in [-0.05, 0) is 63.1 Å². The Kier molecular flexibility index (Phi) is 9.52. The van der Waals surface area contributed by atoms with Gasteiger partial charge in [-0.1, -0.05) is 17.7 Å². The maximum absolute atomic E-state index is 13.3. The molecule has 208 valence electrons. The second-order valence-electron chi connectivity index (χ2n) is 9.32. The van der Waals surface area contributed by atoms with Crippen molar-refractivity contribution in [3.8, 4) is 0 Å². The predicted molar refractivity (Wildman–Crippen MR) is 144 cm³/mol. The number of carbonyl (C=O) groups is 2. The first-order chi connectivity index (χ1) is 18.3. The van der Waals surface area contributed by atoms with Gasteiger partial charge in [0.15, 0.2) is 0 Å². The number of hydrogen-bond donors (Lipinski definition) is 3. The predicted octanol–water partition coefficient (Wildman–Crippen LogP) is 6.07. The molecule has 0 saturated carbocycles. The lowest BCUT2D eigenvalue weighted by Crippen LogP contribution is -2.36. The summed E-state index contributed by atoms with van der Waals surface area (Å²) in [5.41, 5.74) is -0.502. The lowest BCUT2D eigenvalue weighted by Gasteiger charge is -2.24. The van der Waals surface area contributed by atoms with E-state index in [-0.39, 0.29) is 17.2 Å². The van der Waals surface area contributed by atoms with Crippen molar-refractivity contribution >= 4 is 40.6 Å². The molecular formula is C27H29ClF3N5O3. The number of amides is 2. The Morgan fingerprint density at radius 1 is 1.03 bits per heavy atom. The number of alkyl halides is 3. The molecule has 0 aliphatic heterocycles. The van der Waals surface area contributed by atoms with Gasteiger partial charge in [0.2, 0.25) is 5.91 Å². The molecule has 0 radical (unpaired) electrons. The zero-order valence-electron chi connectivity index (χ0n) is 21.9. The van der Waals surface area contributed by atoms with E-state index >= 15 is 0 Å². The van der Waals surface area contributed by atoms with Gasteiger partial charge >= 0.3 is 6.18 Å². The maximum atomic E-state index is 13.3. The Bertz CT molecular complexity index is 1350. The summed E-state index contributed by atoms with van der Waals surface area (Å²) in [7, 11) is 1.63. The average molecular weight is 564 g/mol. The van der Waals surface area contributed by atoms with Gasteiger partial charge in [0.1, 0.15) is 12.1 Å². The van der Waals surface area contributed by atoms with Crippen LogP contribution in [0.5, 0.6) is 0 Å². The highest BCUT2D eigenvalue weighted by atomic mass is 35.5. The van der Waals surface area contributed by atoms with E-state index in [0.29, 0.717) is 35.9 Å². The fraction of sp³-hybridized carbons (Fsp3) is 0.333. The summed E-state index contributed by atoms with van der Waals surface area (Å²) >= 11 is 5.66. The summed E-state index contributed by atoms with van der Waals surface area (Å²) in [4.78, 5) is 34.6. The molecule has 0 spiro atoms. The van der Waals surface area contributed by atoms with Crippen LogP contribution < -0.4 is 16.0 Å². The number of methoxy groups -OCH3 is 1. The van der Waals surface area contributed by atoms with E-state index in [0.717, 1.165) is 18.6 Å². The molecule has 0 aliphatic rings. The molecule has 1 heterocycles. The highest BCUT2D eigenvalue weighted by Gasteiger charge is 2.34. The molecule has 3 aromatic rings. The third kappa shape index (κ3) is 7.67. The summed E-state index contributed by atoms with van der Waals surface area (Å²) in [6, 6.07) is 9.41. The first kappa shape index (κ1) is 29.9. The molecule has 0 atom stereocenters. The zero-order chi connectivity index (χ0) is 28.8. The number of nitrogens with one attached hydrogen (secondary N) is 3. The molecule has 3 N–H and O–H groups in total. The van der Waals surface area contributed by atoms with Crippen LogP contribution in [0.15, 0.2) is 48.8 Å². The number of aryl methyl sites for hydroxylation is 1. The number of nitrogens with zero attached hydrogens (tertiary/aromatic N) is 2. The van der Waals surface area contributed by atoms with E-state index in [1.165, 1.54) is 24.5 Å². The van der Waals surface area contributed by atoms with E-state index in [2.05, 4.69) is 25.9 Å². The van der Waals surface area contributed by atoms with Gasteiger partial charge < -0.3 is 20.7 Å². The highest BCUT2D eigenvalue weighted by molar-refractivity contribution is 6.31. The topological polar surface area (TPSA) is 105 Å². The number of rotatable bonds is 10. The normalized spacial score (nSPS) is 11.7. The molecule has 2 amide bonds. The summed E-state index contributed by atoms with van der Waals surface area (Å²) in [5.74, 6) is -0.456. The Hall–Kier alpha value is -3.70. The van der Waals surface area contributed by atoms with Crippen LogP contribution in [0.25, 0.3) is 0 Å². The number of hydrogen-bond acceptors (Lipinski definition) is 6. The smallest absolute Gasteiger partial charge is 0.385 e. The van der Waals surface area contributed by atoms with E-state index in [1.54, 1.807) is 40.0 Å². The van der Waals surface area contributed by atoms with Crippen LogP contribution in [0.1, 0.15) is 47.4 Å². The molecule has 0 saturated heterocycles. The van der Waals surface area contributed by atoms with Gasteiger partial charge in [0, 0.05) is 43.3 Å². The lowest BCUT2D eigenvalue weighted by molar-refractivity contribution is -0.137. The number of ether oxygens (including phenoxy) is 1. The van der Waals surface area contributed by atoms with Crippen molar-refractivity contribution < 1.29 is 27.5 Å². The quantitative estimate of drug-likeness (QED) is 0.258. The minimum absolute atomic E-state index is 0.0700. The number of aromatic nitrogens is 2. The standard InChI is InChI=1S/C27H29ClF3N5O3/c1-16-6-7-17(24(37)35-18-8-9-20(28)19(13-18)27(29,30)31)12-21(16)36-25(38)26(2,3)22-14-23(34-15-33-22)32-10-5-11-39-4/h6-9,12-15H,5,10-11H2,1-4H3,(H,35,37)(H,36,38)(H,32,33,34). The first-order valence-electron chi connectivity index (χ1n) is 12.0. The van der Waals surface area contributed by atoms with E-state index in [4.69, 9.17) is 16.3 Å². The molecule has 2 aromatic carbocycles. The van der Waals surface area contributed by atoms with Crippen LogP contribution in [0.4, 0.5) is 30.4 Å². The van der Waals surface area contributed by atoms with Gasteiger partial charge in [0.25, 0.3) is 5.91 Å². The second kappa shape index (κ2) is 12.4. The van der Waals surface area contributed by atoms with Gasteiger partial charge in [-0.15, -0.1) is 0 Å². The van der Waals surface area contributed by atoms with Crippen molar-refractivity contribution in [2.24, 2.45) is 0 Å². The van der Waals surface area contributed by atoms with Crippen LogP contribution in [-0.2, 0) is 21.1 Å². The minimum atomic E-state index is -4.67. The van der Waals surface area contributed by atoms with Crippen molar-refractivity contribution in [3.05, 3.63) is 76.2 Å². The van der Waals surface area contributed by atoms with Crippen LogP contribution in [0.2, 0.25) is 5.02 Å². The van der Waals surface area contributed by atoms with Gasteiger partial charge in [-0.25, -0.2) is 9.97 Å². The SMILES string of the molecule is COCCCNc1cc(C(C)(C)C(=O)Nc2cc(C(=O)Nc3ccc(Cl)c(C(F)(F)F)c3)ccc2C)ncn1. The van der Waals surface area contributed by atoms with Gasteiger partial charge in [-0.2, -0.15) is 13.2 Å². The molecule has 0 unspecified atom stereocenters. The van der Waals surface area contributed by atoms with E-state index in [9.17, 15) is 22.8 Å². The Morgan fingerprint density at radius 3 is 2.46 bits per heavy atom. The fourth-order valence-electron chi connectivity index (χ4n) is 3.55. The fourth-order valence-corrected chi connectivity index (χ4v) is 3.77. The van der Waals surface area contributed by atoms with Crippen molar-refractivity contribution in [3.63, 3.8) is 0 Å². The summed E-state index contributed by atoms with van der Waals surface area (Å²) in [6.07, 6.45) is -2.51. The number of anilines is 3. The summed E-state index contributed by atoms with van der Waals surface area (Å²) < 4.78 is 44.6. The van der Waals surface area contributed by atoms with Crippen molar-refractivity contribution in [1.29, 1.82) is 0 Å². The molecule has 39 heavy (non-hydrogen) atoms. The number of benzene rings is 2. The van der Waals surface area contributed by atoms with Crippen molar-refractivity contribution in [2.45, 2.75) is 38.8 Å². The average Bonchev–Trinajstić information content (AvgIpc) is 2.88. The highest BCUT2D eigenvalue weighted by Crippen LogP contribution is 2.36. The van der Waals surface area contributed by atoms with Crippen LogP contribution in [0.3, 0.4) is 0 Å². The molecule has 3 rings (SSSR count). The summed E-state index contributed by atoms with van der Waals surface area (Å²) in [5, 5.41) is 7.98. The molecule has 1 aromatic heterocycles. The molecular weight excluding hydrogens is 535 g/mol. The third-order valence-corrected chi connectivity index (χ3v) is 6.31. The van der Waals surface area contributed by atoms with Crippen LogP contribution in [0, 0.1) is 6.92 Å². The largest absolute Gasteiger partial charge is 0.417 e. The maximum Gasteiger partial charge on any atom is 0.417 e. The molecule has 12 heteroatoms. The molecule has 0 bridgehead atoms. The summed E-state index contributed by atoms with van der Waals surface area (Å²) in [6.45, 7) is 6.42. The monoisotopic (exact) mass is 563 g/mol. The van der Waals surface area contributed by atoms with Crippen molar-refractivity contribution in [2.75, 3.05) is 36.2 Å². The second-order valence-corrected chi connectivity index (χ2v) is 9.72. The van der Waals surface area contributed by atoms with E-state index in [1.807, 2.05) is 0 Å². The van der Waals surface area contributed by atoms with Gasteiger partial charge in [-0.3, -0.25) is 9.59 Å². The minimum Gasteiger partial charge on any atom is -0.385 e. The first-order valence-corrected chi connectivity index (χ1v) is 12.4. The molecule has 0 fully saturated rings. The van der Waals surface area contributed by atoms with Crippen molar-refractivity contribution in [1.82, 2.24) is 9.97 Å². The number of carbonyl (C=O) groups excluding carboxylic acids is 2. The Balaban J connectivity index is 1.76. The van der Waals surface area contributed by atoms with Crippen LogP contribution >= 0.6 is 11.6 Å².